The van der Waals surface area contributed by atoms with Gasteiger partial charge >= 0.3 is 17.9 Å². The van der Waals surface area contributed by atoms with Crippen LogP contribution < -0.4 is 0 Å². The largest absolute Gasteiger partial charge is 0.462 e. The Kier molecular flexibility index (Phi) is 53.7. The van der Waals surface area contributed by atoms with Crippen LogP contribution >= 0.6 is 0 Å². The Labute approximate surface area is 411 Å². The Balaban J connectivity index is 4.31. The van der Waals surface area contributed by atoms with E-state index in [9.17, 15) is 14.4 Å². The highest BCUT2D eigenvalue weighted by molar-refractivity contribution is 5.71. The summed E-state index contributed by atoms with van der Waals surface area (Å²) >= 11 is 0. The lowest BCUT2D eigenvalue weighted by Gasteiger charge is -2.18. The molecule has 0 N–H and O–H groups in total. The number of allylic oxidation sites excluding steroid dienone is 4. The molecule has 0 aliphatic carbocycles. The number of ether oxygens (including phenoxy) is 3. The van der Waals surface area contributed by atoms with Crippen LogP contribution in [0.3, 0.4) is 0 Å². The van der Waals surface area contributed by atoms with Crippen molar-refractivity contribution in [2.75, 3.05) is 13.2 Å². The zero-order chi connectivity index (χ0) is 47.9. The summed E-state index contributed by atoms with van der Waals surface area (Å²) in [6.07, 6.45) is 64.5. The highest BCUT2D eigenvalue weighted by atomic mass is 16.6. The molecule has 0 aromatic carbocycles. The molecule has 0 saturated heterocycles. The van der Waals surface area contributed by atoms with Gasteiger partial charge in [0.2, 0.25) is 0 Å². The van der Waals surface area contributed by atoms with Crippen LogP contribution in [0.4, 0.5) is 0 Å². The maximum atomic E-state index is 12.8. The minimum Gasteiger partial charge on any atom is -0.462 e. The van der Waals surface area contributed by atoms with E-state index in [2.05, 4.69) is 45.1 Å². The van der Waals surface area contributed by atoms with Crippen LogP contribution in [0, 0.1) is 0 Å². The van der Waals surface area contributed by atoms with Gasteiger partial charge in [-0.25, -0.2) is 0 Å². The predicted molar refractivity (Wildman–Crippen MR) is 284 cm³/mol. The molecule has 0 radical (unpaired) electrons. The summed E-state index contributed by atoms with van der Waals surface area (Å²) < 4.78 is 16.9. The molecule has 388 valence electrons. The smallest absolute Gasteiger partial charge is 0.306 e. The van der Waals surface area contributed by atoms with Gasteiger partial charge in [-0.1, -0.05) is 257 Å². The van der Waals surface area contributed by atoms with Crippen molar-refractivity contribution in [1.29, 1.82) is 0 Å². The van der Waals surface area contributed by atoms with Gasteiger partial charge in [-0.05, 0) is 70.6 Å². The fraction of sp³-hybridized carbons (Fsp3) is 0.883. The third-order valence-corrected chi connectivity index (χ3v) is 13.2. The van der Waals surface area contributed by atoms with E-state index in [1.165, 1.54) is 218 Å². The van der Waals surface area contributed by atoms with Crippen LogP contribution in [0.15, 0.2) is 24.3 Å². The van der Waals surface area contributed by atoms with Crippen LogP contribution in [0.5, 0.6) is 0 Å². The third kappa shape index (κ3) is 52.9. The molecular weight excluding hydrogens is 817 g/mol. The molecule has 0 heterocycles. The van der Waals surface area contributed by atoms with E-state index in [4.69, 9.17) is 14.2 Å². The number of carbonyl (C=O) groups excluding carboxylic acids is 3. The van der Waals surface area contributed by atoms with Gasteiger partial charge in [0, 0.05) is 19.3 Å². The van der Waals surface area contributed by atoms with Crippen molar-refractivity contribution in [1.82, 2.24) is 0 Å². The van der Waals surface area contributed by atoms with Gasteiger partial charge in [0.15, 0.2) is 6.10 Å². The van der Waals surface area contributed by atoms with Crippen LogP contribution in [0.1, 0.15) is 323 Å². The Morgan fingerprint density at radius 3 is 0.773 bits per heavy atom. The van der Waals surface area contributed by atoms with Crippen molar-refractivity contribution in [2.24, 2.45) is 0 Å². The van der Waals surface area contributed by atoms with Gasteiger partial charge in [-0.2, -0.15) is 0 Å². The van der Waals surface area contributed by atoms with E-state index in [1.54, 1.807) is 0 Å². The Morgan fingerprint density at radius 1 is 0.288 bits per heavy atom. The number of hydrogen-bond donors (Lipinski definition) is 0. The van der Waals surface area contributed by atoms with Gasteiger partial charge in [0.1, 0.15) is 13.2 Å². The topological polar surface area (TPSA) is 78.9 Å². The van der Waals surface area contributed by atoms with E-state index in [1.807, 2.05) is 0 Å². The average Bonchev–Trinajstić information content (AvgIpc) is 3.31. The zero-order valence-electron chi connectivity index (χ0n) is 44.5. The minimum atomic E-state index is -0.771. The lowest BCUT2D eigenvalue weighted by molar-refractivity contribution is -0.167. The second-order valence-corrected chi connectivity index (χ2v) is 19.9. The summed E-state index contributed by atoms with van der Waals surface area (Å²) in [7, 11) is 0. The molecule has 6 heteroatoms. The standard InChI is InChI=1S/C60H112O6/c1-4-7-10-13-16-19-22-25-27-29-30-31-33-35-38-41-44-47-50-53-59(62)65-56-57(55-64-58(61)52-49-46-43-40-37-34-24-21-18-15-12-9-6-3)66-60(63)54-51-48-45-42-39-36-32-28-26-23-20-17-14-11-8-5-2/h21,24-25,27,57H,4-20,22-23,26,28-56H2,1-3H3/b24-21-,27-25-. The van der Waals surface area contributed by atoms with Crippen molar-refractivity contribution in [3.63, 3.8) is 0 Å². The van der Waals surface area contributed by atoms with Crippen LogP contribution in [0.2, 0.25) is 0 Å². The maximum absolute atomic E-state index is 12.8. The van der Waals surface area contributed by atoms with Crippen LogP contribution in [-0.4, -0.2) is 37.2 Å². The highest BCUT2D eigenvalue weighted by Gasteiger charge is 2.19. The number of unbranched alkanes of at least 4 members (excludes halogenated alkanes) is 39. The van der Waals surface area contributed by atoms with Crippen molar-refractivity contribution in [3.8, 4) is 0 Å². The lowest BCUT2D eigenvalue weighted by atomic mass is 10.0. The average molecular weight is 930 g/mol. The van der Waals surface area contributed by atoms with Crippen molar-refractivity contribution in [3.05, 3.63) is 24.3 Å². The molecule has 66 heavy (non-hydrogen) atoms. The number of esters is 3. The molecule has 0 bridgehead atoms. The molecule has 1 unspecified atom stereocenters. The van der Waals surface area contributed by atoms with E-state index < -0.39 is 6.10 Å². The van der Waals surface area contributed by atoms with Gasteiger partial charge in [-0.15, -0.1) is 0 Å². The number of hydrogen-bond acceptors (Lipinski definition) is 6. The summed E-state index contributed by atoms with van der Waals surface area (Å²) in [6, 6.07) is 0. The summed E-state index contributed by atoms with van der Waals surface area (Å²) in [5.41, 5.74) is 0. The molecule has 0 rings (SSSR count). The predicted octanol–water partition coefficient (Wildman–Crippen LogP) is 19.5. The van der Waals surface area contributed by atoms with Crippen molar-refractivity contribution < 1.29 is 28.6 Å². The molecule has 0 aliphatic rings. The first-order chi connectivity index (χ1) is 32.5. The third-order valence-electron chi connectivity index (χ3n) is 13.2. The first-order valence-electron chi connectivity index (χ1n) is 29.3. The quantitative estimate of drug-likeness (QED) is 0.0262. The van der Waals surface area contributed by atoms with E-state index in [0.717, 1.165) is 64.2 Å². The summed E-state index contributed by atoms with van der Waals surface area (Å²) in [5.74, 6) is -0.861. The van der Waals surface area contributed by atoms with Crippen molar-refractivity contribution >= 4 is 17.9 Å². The molecule has 1 atom stereocenters. The Bertz CT molecular complexity index is 1070. The zero-order valence-corrected chi connectivity index (χ0v) is 44.5. The summed E-state index contributed by atoms with van der Waals surface area (Å²) in [6.45, 7) is 6.66. The normalized spacial score (nSPS) is 12.1. The summed E-state index contributed by atoms with van der Waals surface area (Å²) in [5, 5.41) is 0. The molecule has 0 aromatic heterocycles. The van der Waals surface area contributed by atoms with E-state index in [0.29, 0.717) is 19.3 Å². The molecule has 0 fully saturated rings. The molecule has 0 spiro atoms. The Hall–Kier alpha value is -2.11. The molecule has 0 saturated carbocycles. The second kappa shape index (κ2) is 55.5. The van der Waals surface area contributed by atoms with Gasteiger partial charge in [0.05, 0.1) is 0 Å². The minimum absolute atomic E-state index is 0.0705. The fourth-order valence-corrected chi connectivity index (χ4v) is 8.73. The van der Waals surface area contributed by atoms with Gasteiger partial charge < -0.3 is 14.2 Å². The van der Waals surface area contributed by atoms with E-state index in [-0.39, 0.29) is 31.1 Å². The molecule has 0 aromatic rings. The Morgan fingerprint density at radius 2 is 0.500 bits per heavy atom. The number of rotatable bonds is 54. The lowest BCUT2D eigenvalue weighted by Crippen LogP contribution is -2.30. The fourth-order valence-electron chi connectivity index (χ4n) is 8.73. The molecule has 0 amide bonds. The van der Waals surface area contributed by atoms with Gasteiger partial charge in [-0.3, -0.25) is 14.4 Å². The molecule has 6 nitrogen and oxygen atoms in total. The number of carbonyl (C=O) groups is 3. The monoisotopic (exact) mass is 929 g/mol. The van der Waals surface area contributed by atoms with E-state index >= 15 is 0 Å². The molecule has 0 aliphatic heterocycles. The maximum Gasteiger partial charge on any atom is 0.306 e. The van der Waals surface area contributed by atoms with Gasteiger partial charge in [0.25, 0.3) is 0 Å². The first-order valence-corrected chi connectivity index (χ1v) is 29.3. The first kappa shape index (κ1) is 63.9. The highest BCUT2D eigenvalue weighted by Crippen LogP contribution is 2.17. The summed E-state index contributed by atoms with van der Waals surface area (Å²) in [4.78, 5) is 38.1. The molecular formula is C60H112O6. The SMILES string of the molecule is CCCCCC/C=C\CCCCCCCC(=O)OCC(COC(=O)CCCCCCCCCCC/C=C\CCCCCCCC)OC(=O)CCCCCCCCCCCCCCCCCC. The van der Waals surface area contributed by atoms with Crippen LogP contribution in [0.25, 0.3) is 0 Å². The van der Waals surface area contributed by atoms with Crippen molar-refractivity contribution in [2.45, 2.75) is 329 Å². The van der Waals surface area contributed by atoms with Crippen LogP contribution in [-0.2, 0) is 28.6 Å². The second-order valence-electron chi connectivity index (χ2n) is 19.9.